The number of amides is 2. The van der Waals surface area contributed by atoms with Gasteiger partial charge in [-0.15, -0.1) is 0 Å². The third kappa shape index (κ3) is 4.65. The summed E-state index contributed by atoms with van der Waals surface area (Å²) in [5.41, 5.74) is 0.796. The van der Waals surface area contributed by atoms with Crippen LogP contribution in [0.2, 0.25) is 0 Å². The van der Waals surface area contributed by atoms with Gasteiger partial charge in [0.2, 0.25) is 0 Å². The van der Waals surface area contributed by atoms with Crippen LogP contribution < -0.4 is 10.6 Å². The van der Waals surface area contributed by atoms with Crippen LogP contribution in [0.15, 0.2) is 24.3 Å². The van der Waals surface area contributed by atoms with E-state index in [1.54, 1.807) is 12.1 Å². The Bertz CT molecular complexity index is 525. The van der Waals surface area contributed by atoms with E-state index in [9.17, 15) is 14.7 Å². The molecule has 1 aliphatic carbocycles. The fourth-order valence-corrected chi connectivity index (χ4v) is 2.75. The van der Waals surface area contributed by atoms with Crippen LogP contribution in [0.4, 0.5) is 4.79 Å². The molecule has 0 aromatic heterocycles. The summed E-state index contributed by atoms with van der Waals surface area (Å²) in [5.74, 6) is -0.788. The topological polar surface area (TPSA) is 98.7 Å². The van der Waals surface area contributed by atoms with Gasteiger partial charge in [-0.25, -0.2) is 4.79 Å². The van der Waals surface area contributed by atoms with Crippen molar-refractivity contribution in [3.8, 4) is 5.75 Å². The Hall–Kier alpha value is -2.24. The lowest BCUT2D eigenvalue weighted by Crippen LogP contribution is -2.44. The van der Waals surface area contributed by atoms with Gasteiger partial charge in [0, 0.05) is 12.6 Å². The third-order valence-corrected chi connectivity index (χ3v) is 4.08. The molecule has 4 N–H and O–H groups in total. The van der Waals surface area contributed by atoms with Crippen molar-refractivity contribution < 1.29 is 19.8 Å². The lowest BCUT2D eigenvalue weighted by molar-refractivity contribution is -0.142. The monoisotopic (exact) mass is 306 g/mol. The Morgan fingerprint density at radius 3 is 2.45 bits per heavy atom. The molecule has 1 aliphatic rings. The fraction of sp³-hybridized carbons (Fsp3) is 0.500. The van der Waals surface area contributed by atoms with E-state index in [2.05, 4.69) is 10.6 Å². The van der Waals surface area contributed by atoms with Crippen LogP contribution in [0.25, 0.3) is 0 Å². The number of carbonyl (C=O) groups is 2. The molecule has 0 aliphatic heterocycles. The molecular formula is C16H22N2O4. The maximum absolute atomic E-state index is 11.8. The average Bonchev–Trinajstić information content (AvgIpc) is 2.50. The second kappa shape index (κ2) is 7.68. The van der Waals surface area contributed by atoms with E-state index >= 15 is 0 Å². The molecule has 0 heterocycles. The van der Waals surface area contributed by atoms with E-state index in [1.165, 1.54) is 0 Å². The van der Waals surface area contributed by atoms with Gasteiger partial charge in [-0.05, 0) is 43.7 Å². The van der Waals surface area contributed by atoms with Gasteiger partial charge in [-0.1, -0.05) is 18.2 Å². The molecule has 0 bridgehead atoms. The van der Waals surface area contributed by atoms with Crippen molar-refractivity contribution in [2.75, 3.05) is 6.54 Å². The fourth-order valence-electron chi connectivity index (χ4n) is 2.75. The van der Waals surface area contributed by atoms with Crippen molar-refractivity contribution in [3.63, 3.8) is 0 Å². The van der Waals surface area contributed by atoms with Gasteiger partial charge in [0.05, 0.1) is 5.92 Å². The van der Waals surface area contributed by atoms with E-state index in [0.29, 0.717) is 38.6 Å². The number of para-hydroxylation sites is 1. The number of phenolic OH excluding ortho intramolecular Hbond substituents is 1. The van der Waals surface area contributed by atoms with Gasteiger partial charge in [-0.2, -0.15) is 0 Å². The van der Waals surface area contributed by atoms with Gasteiger partial charge in [0.15, 0.2) is 0 Å². The first kappa shape index (κ1) is 16.1. The first-order valence-corrected chi connectivity index (χ1v) is 7.60. The molecule has 0 saturated heterocycles. The maximum atomic E-state index is 11.8. The predicted molar refractivity (Wildman–Crippen MR) is 81.7 cm³/mol. The number of hydrogen-bond donors (Lipinski definition) is 4. The van der Waals surface area contributed by atoms with Crippen LogP contribution in [0.1, 0.15) is 31.2 Å². The van der Waals surface area contributed by atoms with Gasteiger partial charge >= 0.3 is 12.0 Å². The van der Waals surface area contributed by atoms with Crippen LogP contribution in [-0.2, 0) is 11.2 Å². The van der Waals surface area contributed by atoms with E-state index in [-0.39, 0.29) is 23.7 Å². The highest BCUT2D eigenvalue weighted by Crippen LogP contribution is 2.24. The second-order valence-corrected chi connectivity index (χ2v) is 5.67. The van der Waals surface area contributed by atoms with Gasteiger partial charge < -0.3 is 20.8 Å². The largest absolute Gasteiger partial charge is 0.508 e. The summed E-state index contributed by atoms with van der Waals surface area (Å²) in [6.07, 6.45) is 3.18. The van der Waals surface area contributed by atoms with Crippen LogP contribution in [0.5, 0.6) is 5.75 Å². The number of carbonyl (C=O) groups excluding carboxylic acids is 1. The molecule has 0 unspecified atom stereocenters. The number of carboxylic acid groups (broad SMARTS) is 1. The summed E-state index contributed by atoms with van der Waals surface area (Å²) < 4.78 is 0. The molecule has 1 fully saturated rings. The van der Waals surface area contributed by atoms with Gasteiger partial charge in [0.1, 0.15) is 5.75 Å². The van der Waals surface area contributed by atoms with Crippen LogP contribution in [0.3, 0.4) is 0 Å². The Morgan fingerprint density at radius 2 is 1.82 bits per heavy atom. The molecule has 6 nitrogen and oxygen atoms in total. The van der Waals surface area contributed by atoms with Crippen LogP contribution in [0, 0.1) is 5.92 Å². The van der Waals surface area contributed by atoms with E-state index in [4.69, 9.17) is 5.11 Å². The number of aromatic hydroxyl groups is 1. The average molecular weight is 306 g/mol. The zero-order valence-electron chi connectivity index (χ0n) is 12.4. The highest BCUT2D eigenvalue weighted by Gasteiger charge is 2.26. The van der Waals surface area contributed by atoms with Gasteiger partial charge in [-0.3, -0.25) is 4.79 Å². The van der Waals surface area contributed by atoms with Crippen molar-refractivity contribution in [2.24, 2.45) is 5.92 Å². The number of carboxylic acids is 1. The van der Waals surface area contributed by atoms with Crippen molar-refractivity contribution in [3.05, 3.63) is 29.8 Å². The Morgan fingerprint density at radius 1 is 1.14 bits per heavy atom. The molecule has 2 rings (SSSR count). The molecule has 22 heavy (non-hydrogen) atoms. The quantitative estimate of drug-likeness (QED) is 0.667. The van der Waals surface area contributed by atoms with Crippen molar-refractivity contribution in [1.29, 1.82) is 0 Å². The van der Waals surface area contributed by atoms with Crippen molar-refractivity contribution in [2.45, 2.75) is 38.1 Å². The minimum Gasteiger partial charge on any atom is -0.508 e. The number of urea groups is 1. The summed E-state index contributed by atoms with van der Waals surface area (Å²) in [6.45, 7) is 0.438. The summed E-state index contributed by atoms with van der Waals surface area (Å²) in [7, 11) is 0. The number of hydrogen-bond acceptors (Lipinski definition) is 3. The van der Waals surface area contributed by atoms with Crippen molar-refractivity contribution >= 4 is 12.0 Å². The molecule has 1 aromatic carbocycles. The molecule has 0 spiro atoms. The molecule has 1 aromatic rings. The smallest absolute Gasteiger partial charge is 0.315 e. The molecule has 2 amide bonds. The Balaban J connectivity index is 1.66. The summed E-state index contributed by atoms with van der Waals surface area (Å²) >= 11 is 0. The first-order valence-electron chi connectivity index (χ1n) is 7.60. The zero-order chi connectivity index (χ0) is 15.9. The highest BCUT2D eigenvalue weighted by atomic mass is 16.4. The molecule has 120 valence electrons. The molecular weight excluding hydrogens is 284 g/mol. The number of benzene rings is 1. The normalized spacial score (nSPS) is 21.1. The van der Waals surface area contributed by atoms with E-state index in [0.717, 1.165) is 5.56 Å². The summed E-state index contributed by atoms with van der Waals surface area (Å²) in [5, 5.41) is 24.2. The van der Waals surface area contributed by atoms with Crippen molar-refractivity contribution in [1.82, 2.24) is 10.6 Å². The minimum atomic E-state index is -0.745. The summed E-state index contributed by atoms with van der Waals surface area (Å²) in [4.78, 5) is 22.7. The molecule has 1 saturated carbocycles. The Kier molecular flexibility index (Phi) is 5.63. The highest BCUT2D eigenvalue weighted by molar-refractivity contribution is 5.74. The number of phenols is 1. The SMILES string of the molecule is O=C(NCCc1ccccc1O)NC1CCC(C(=O)O)CC1. The van der Waals surface area contributed by atoms with E-state index < -0.39 is 5.97 Å². The van der Waals surface area contributed by atoms with Gasteiger partial charge in [0.25, 0.3) is 0 Å². The number of nitrogens with one attached hydrogen (secondary N) is 2. The standard InChI is InChI=1S/C16H22N2O4/c19-14-4-2-1-3-11(14)9-10-17-16(22)18-13-7-5-12(6-8-13)15(20)21/h1-4,12-13,19H,5-10H2,(H,20,21)(H2,17,18,22). The van der Waals surface area contributed by atoms with Crippen LogP contribution >= 0.6 is 0 Å². The third-order valence-electron chi connectivity index (χ3n) is 4.08. The molecule has 0 atom stereocenters. The lowest BCUT2D eigenvalue weighted by atomic mass is 9.86. The number of aliphatic carboxylic acids is 1. The maximum Gasteiger partial charge on any atom is 0.315 e. The lowest BCUT2D eigenvalue weighted by Gasteiger charge is -2.26. The zero-order valence-corrected chi connectivity index (χ0v) is 12.4. The summed E-state index contributed by atoms with van der Waals surface area (Å²) in [6, 6.07) is 6.84. The molecule has 6 heteroatoms. The second-order valence-electron chi connectivity index (χ2n) is 5.67. The Labute approximate surface area is 129 Å². The number of rotatable bonds is 5. The first-order chi connectivity index (χ1) is 10.6. The predicted octanol–water partition coefficient (Wildman–Crippen LogP) is 1.88. The van der Waals surface area contributed by atoms with E-state index in [1.807, 2.05) is 12.1 Å². The van der Waals surface area contributed by atoms with Crippen LogP contribution in [-0.4, -0.2) is 34.8 Å². The minimum absolute atomic E-state index is 0.0423. The molecule has 0 radical (unpaired) electrons.